The Morgan fingerprint density at radius 2 is 2.42 bits per heavy atom. The SMILES string of the molecule is COC[C@H](N)c1cccnc1.Cl. The van der Waals surface area contributed by atoms with E-state index in [2.05, 4.69) is 4.98 Å². The molecule has 0 radical (unpaired) electrons. The Balaban J connectivity index is 0.00000121. The van der Waals surface area contributed by atoms with Crippen LogP contribution in [0.5, 0.6) is 0 Å². The van der Waals surface area contributed by atoms with Gasteiger partial charge in [-0.15, -0.1) is 12.4 Å². The number of methoxy groups -OCH3 is 1. The van der Waals surface area contributed by atoms with Crippen LogP contribution in [0.4, 0.5) is 0 Å². The number of hydrogen-bond acceptors (Lipinski definition) is 3. The zero-order valence-corrected chi connectivity index (χ0v) is 7.75. The summed E-state index contributed by atoms with van der Waals surface area (Å²) in [6.45, 7) is 0.533. The molecule has 1 aromatic rings. The van der Waals surface area contributed by atoms with Crippen molar-refractivity contribution in [3.63, 3.8) is 0 Å². The third kappa shape index (κ3) is 3.17. The number of nitrogens with two attached hydrogens (primary N) is 1. The van der Waals surface area contributed by atoms with Crippen LogP contribution in [-0.4, -0.2) is 18.7 Å². The van der Waals surface area contributed by atoms with E-state index < -0.39 is 0 Å². The Morgan fingerprint density at radius 1 is 1.67 bits per heavy atom. The molecule has 0 saturated heterocycles. The van der Waals surface area contributed by atoms with Crippen molar-refractivity contribution < 1.29 is 4.74 Å². The molecule has 4 heteroatoms. The summed E-state index contributed by atoms with van der Waals surface area (Å²) in [5.74, 6) is 0. The van der Waals surface area contributed by atoms with Crippen LogP contribution < -0.4 is 5.73 Å². The Morgan fingerprint density at radius 3 is 2.92 bits per heavy atom. The maximum Gasteiger partial charge on any atom is 0.0656 e. The van der Waals surface area contributed by atoms with Crippen molar-refractivity contribution in [1.29, 1.82) is 0 Å². The predicted octanol–water partition coefficient (Wildman–Crippen LogP) is 1.15. The molecule has 0 bridgehead atoms. The first-order valence-electron chi connectivity index (χ1n) is 3.49. The molecular weight excluding hydrogens is 176 g/mol. The van der Waals surface area contributed by atoms with Crippen molar-refractivity contribution in [2.24, 2.45) is 5.73 Å². The normalized spacial score (nSPS) is 11.8. The molecule has 0 aliphatic rings. The molecule has 0 aromatic carbocycles. The highest BCUT2D eigenvalue weighted by atomic mass is 35.5. The van der Waals surface area contributed by atoms with Crippen molar-refractivity contribution in [3.05, 3.63) is 30.1 Å². The quantitative estimate of drug-likeness (QED) is 0.774. The summed E-state index contributed by atoms with van der Waals surface area (Å²) in [7, 11) is 1.64. The van der Waals surface area contributed by atoms with E-state index in [0.29, 0.717) is 6.61 Å². The summed E-state index contributed by atoms with van der Waals surface area (Å²) in [4.78, 5) is 3.95. The molecule has 3 nitrogen and oxygen atoms in total. The van der Waals surface area contributed by atoms with E-state index in [1.54, 1.807) is 19.5 Å². The molecule has 0 aliphatic carbocycles. The summed E-state index contributed by atoms with van der Waals surface area (Å²) >= 11 is 0. The maximum atomic E-state index is 5.74. The molecule has 12 heavy (non-hydrogen) atoms. The fourth-order valence-electron chi connectivity index (χ4n) is 0.871. The molecule has 0 unspecified atom stereocenters. The van der Waals surface area contributed by atoms with Gasteiger partial charge in [0.05, 0.1) is 12.6 Å². The van der Waals surface area contributed by atoms with Gasteiger partial charge in [-0.25, -0.2) is 0 Å². The van der Waals surface area contributed by atoms with Crippen LogP contribution in [0.2, 0.25) is 0 Å². The van der Waals surface area contributed by atoms with Gasteiger partial charge in [0.15, 0.2) is 0 Å². The molecule has 0 saturated carbocycles. The molecule has 68 valence electrons. The summed E-state index contributed by atoms with van der Waals surface area (Å²) in [6.07, 6.45) is 3.48. The Hall–Kier alpha value is -0.640. The fourth-order valence-corrected chi connectivity index (χ4v) is 0.871. The first kappa shape index (κ1) is 11.4. The van der Waals surface area contributed by atoms with Crippen LogP contribution in [0.3, 0.4) is 0 Å². The lowest BCUT2D eigenvalue weighted by Gasteiger charge is -2.08. The molecule has 2 N–H and O–H groups in total. The van der Waals surface area contributed by atoms with Gasteiger partial charge in [-0.1, -0.05) is 6.07 Å². The molecule has 1 aromatic heterocycles. The van der Waals surface area contributed by atoms with E-state index in [9.17, 15) is 0 Å². The van der Waals surface area contributed by atoms with Gasteiger partial charge in [-0.2, -0.15) is 0 Å². The highest BCUT2D eigenvalue weighted by molar-refractivity contribution is 5.85. The smallest absolute Gasteiger partial charge is 0.0656 e. The van der Waals surface area contributed by atoms with Gasteiger partial charge in [0, 0.05) is 19.5 Å². The standard InChI is InChI=1S/C8H12N2O.ClH/c1-11-6-8(9)7-3-2-4-10-5-7;/h2-5,8H,6,9H2,1H3;1H/t8-;/m0./s1. The first-order chi connectivity index (χ1) is 5.34. The number of halogens is 1. The van der Waals surface area contributed by atoms with Crippen LogP contribution in [-0.2, 0) is 4.74 Å². The van der Waals surface area contributed by atoms with Gasteiger partial charge >= 0.3 is 0 Å². The van der Waals surface area contributed by atoms with E-state index in [4.69, 9.17) is 10.5 Å². The largest absolute Gasteiger partial charge is 0.383 e. The molecule has 1 heterocycles. The highest BCUT2D eigenvalue weighted by Gasteiger charge is 2.03. The number of aromatic nitrogens is 1. The van der Waals surface area contributed by atoms with Crippen LogP contribution >= 0.6 is 12.4 Å². The van der Waals surface area contributed by atoms with Crippen molar-refractivity contribution in [3.8, 4) is 0 Å². The third-order valence-electron chi connectivity index (χ3n) is 1.46. The topological polar surface area (TPSA) is 48.1 Å². The zero-order valence-electron chi connectivity index (χ0n) is 6.93. The molecule has 0 aliphatic heterocycles. The van der Waals surface area contributed by atoms with Crippen molar-refractivity contribution in [2.45, 2.75) is 6.04 Å². The van der Waals surface area contributed by atoms with Crippen LogP contribution in [0.15, 0.2) is 24.5 Å². The third-order valence-corrected chi connectivity index (χ3v) is 1.46. The minimum absolute atomic E-state index is 0. The molecular formula is C8H13ClN2O. The summed E-state index contributed by atoms with van der Waals surface area (Å²) in [5.41, 5.74) is 6.75. The number of hydrogen-bond donors (Lipinski definition) is 1. The number of rotatable bonds is 3. The number of pyridine rings is 1. The molecule has 1 rings (SSSR count). The predicted molar refractivity (Wildman–Crippen MR) is 50.3 cm³/mol. The van der Waals surface area contributed by atoms with Gasteiger partial charge in [-0.05, 0) is 11.6 Å². The molecule has 1 atom stereocenters. The molecule has 0 spiro atoms. The number of nitrogens with zero attached hydrogens (tertiary/aromatic N) is 1. The van der Waals surface area contributed by atoms with Crippen LogP contribution in [0.25, 0.3) is 0 Å². The van der Waals surface area contributed by atoms with E-state index in [-0.39, 0.29) is 18.4 Å². The Labute approximate surface area is 78.4 Å². The van der Waals surface area contributed by atoms with Crippen molar-refractivity contribution >= 4 is 12.4 Å². The van der Waals surface area contributed by atoms with Gasteiger partial charge in [-0.3, -0.25) is 4.98 Å². The van der Waals surface area contributed by atoms with Gasteiger partial charge in [0.2, 0.25) is 0 Å². The summed E-state index contributed by atoms with van der Waals surface area (Å²) in [5, 5.41) is 0. The second-order valence-electron chi connectivity index (χ2n) is 2.35. The van der Waals surface area contributed by atoms with Gasteiger partial charge in [0.25, 0.3) is 0 Å². The lowest BCUT2D eigenvalue weighted by Crippen LogP contribution is -2.15. The second-order valence-corrected chi connectivity index (χ2v) is 2.35. The Bertz CT molecular complexity index is 205. The van der Waals surface area contributed by atoms with Crippen molar-refractivity contribution in [1.82, 2.24) is 4.98 Å². The first-order valence-corrected chi connectivity index (χ1v) is 3.49. The van der Waals surface area contributed by atoms with E-state index >= 15 is 0 Å². The Kier molecular flexibility index (Phi) is 5.62. The average molecular weight is 189 g/mol. The zero-order chi connectivity index (χ0) is 8.10. The van der Waals surface area contributed by atoms with Crippen LogP contribution in [0, 0.1) is 0 Å². The molecule has 0 amide bonds. The van der Waals surface area contributed by atoms with Gasteiger partial charge in [0.1, 0.15) is 0 Å². The highest BCUT2D eigenvalue weighted by Crippen LogP contribution is 2.06. The lowest BCUT2D eigenvalue weighted by atomic mass is 10.1. The van der Waals surface area contributed by atoms with E-state index in [1.165, 1.54) is 0 Å². The van der Waals surface area contributed by atoms with Crippen LogP contribution in [0.1, 0.15) is 11.6 Å². The second kappa shape index (κ2) is 5.94. The maximum absolute atomic E-state index is 5.74. The number of ether oxygens (including phenoxy) is 1. The fraction of sp³-hybridized carbons (Fsp3) is 0.375. The minimum atomic E-state index is -0.0614. The molecule has 0 fully saturated rings. The van der Waals surface area contributed by atoms with E-state index in [1.807, 2.05) is 12.1 Å². The summed E-state index contributed by atoms with van der Waals surface area (Å²) < 4.78 is 4.91. The average Bonchev–Trinajstić information content (AvgIpc) is 2.07. The lowest BCUT2D eigenvalue weighted by molar-refractivity contribution is 0.181. The van der Waals surface area contributed by atoms with Gasteiger partial charge < -0.3 is 10.5 Å². The monoisotopic (exact) mass is 188 g/mol. The summed E-state index contributed by atoms with van der Waals surface area (Å²) in [6, 6.07) is 3.75. The van der Waals surface area contributed by atoms with E-state index in [0.717, 1.165) is 5.56 Å². The minimum Gasteiger partial charge on any atom is -0.383 e. The van der Waals surface area contributed by atoms with Crippen molar-refractivity contribution in [2.75, 3.05) is 13.7 Å².